The molecule has 1 saturated heterocycles. The highest BCUT2D eigenvalue weighted by Gasteiger charge is 2.37. The van der Waals surface area contributed by atoms with Gasteiger partial charge in [-0.2, -0.15) is 0 Å². The van der Waals surface area contributed by atoms with Crippen LogP contribution < -0.4 is 4.90 Å². The van der Waals surface area contributed by atoms with Gasteiger partial charge < -0.3 is 10.0 Å². The van der Waals surface area contributed by atoms with E-state index in [-0.39, 0.29) is 12.0 Å². The third-order valence-electron chi connectivity index (χ3n) is 3.82. The molecule has 2 aromatic heterocycles. The lowest BCUT2D eigenvalue weighted by Gasteiger charge is -2.24. The molecule has 7 nitrogen and oxygen atoms in total. The van der Waals surface area contributed by atoms with Gasteiger partial charge in [0.25, 0.3) is 0 Å². The average molecular weight is 261 g/mol. The molecule has 2 aromatic rings. The Hall–Kier alpha value is -2.18. The number of hydrogen-bond acceptors (Lipinski definition) is 5. The van der Waals surface area contributed by atoms with Gasteiger partial charge in [-0.3, -0.25) is 9.20 Å². The van der Waals surface area contributed by atoms with Crippen LogP contribution in [-0.4, -0.2) is 43.2 Å². The van der Waals surface area contributed by atoms with Crippen LogP contribution in [0.3, 0.4) is 0 Å². The van der Waals surface area contributed by atoms with Gasteiger partial charge in [0.1, 0.15) is 5.82 Å². The summed E-state index contributed by atoms with van der Waals surface area (Å²) in [7, 11) is 0. The molecule has 0 radical (unpaired) electrons. The molecule has 100 valence electrons. The Morgan fingerprint density at radius 2 is 2.26 bits per heavy atom. The van der Waals surface area contributed by atoms with Crippen LogP contribution in [-0.2, 0) is 4.79 Å². The number of aryl methyl sites for hydroxylation is 1. The standard InChI is InChI=1S/C12H15N5O2/c1-7-9(12(18)19)3-5-16(7)10-11-15-14-8(2)17(11)6-4-13-10/h4,6-7,9H,3,5H2,1-2H3,(H,18,19). The Kier molecular flexibility index (Phi) is 2.62. The van der Waals surface area contributed by atoms with Crippen molar-refractivity contribution in [2.75, 3.05) is 11.4 Å². The number of carboxylic acids is 1. The summed E-state index contributed by atoms with van der Waals surface area (Å²) in [4.78, 5) is 17.5. The van der Waals surface area contributed by atoms with Gasteiger partial charge in [-0.05, 0) is 20.3 Å². The van der Waals surface area contributed by atoms with Crippen LogP contribution in [0.2, 0.25) is 0 Å². The minimum atomic E-state index is -0.750. The molecule has 2 atom stereocenters. The Bertz CT molecular complexity index is 638. The number of aromatic nitrogens is 4. The summed E-state index contributed by atoms with van der Waals surface area (Å²) >= 11 is 0. The lowest BCUT2D eigenvalue weighted by molar-refractivity contribution is -0.141. The summed E-state index contributed by atoms with van der Waals surface area (Å²) in [5.41, 5.74) is 0.679. The van der Waals surface area contributed by atoms with E-state index in [9.17, 15) is 9.90 Å². The van der Waals surface area contributed by atoms with E-state index in [0.29, 0.717) is 24.4 Å². The second-order valence-electron chi connectivity index (χ2n) is 4.86. The molecule has 0 aliphatic carbocycles. The monoisotopic (exact) mass is 261 g/mol. The van der Waals surface area contributed by atoms with Crippen molar-refractivity contribution in [2.45, 2.75) is 26.3 Å². The minimum Gasteiger partial charge on any atom is -0.481 e. The molecule has 1 fully saturated rings. The van der Waals surface area contributed by atoms with Crippen LogP contribution >= 0.6 is 0 Å². The molecular weight excluding hydrogens is 246 g/mol. The Morgan fingerprint density at radius 1 is 1.47 bits per heavy atom. The fraction of sp³-hybridized carbons (Fsp3) is 0.500. The lowest BCUT2D eigenvalue weighted by atomic mass is 10.0. The van der Waals surface area contributed by atoms with Crippen molar-refractivity contribution in [1.82, 2.24) is 19.6 Å². The predicted molar refractivity (Wildman–Crippen MR) is 68.1 cm³/mol. The molecule has 1 N–H and O–H groups in total. The first kappa shape index (κ1) is 11.9. The third-order valence-corrected chi connectivity index (χ3v) is 3.82. The zero-order chi connectivity index (χ0) is 13.6. The maximum Gasteiger partial charge on any atom is 0.308 e. The van der Waals surface area contributed by atoms with Crippen LogP contribution in [0.15, 0.2) is 12.4 Å². The van der Waals surface area contributed by atoms with Crippen LogP contribution in [0.4, 0.5) is 5.82 Å². The molecular formula is C12H15N5O2. The molecule has 0 saturated carbocycles. The summed E-state index contributed by atoms with van der Waals surface area (Å²) in [6, 6.07) is -0.0896. The SMILES string of the molecule is Cc1nnc2c(N3CCC(C(=O)O)C3C)nccn12. The second kappa shape index (κ2) is 4.18. The summed E-state index contributed by atoms with van der Waals surface area (Å²) in [5.74, 6) is 0.394. The van der Waals surface area contributed by atoms with Crippen LogP contribution in [0.5, 0.6) is 0 Å². The van der Waals surface area contributed by atoms with E-state index in [1.807, 2.05) is 29.3 Å². The summed E-state index contributed by atoms with van der Waals surface area (Å²) in [5, 5.41) is 17.4. The van der Waals surface area contributed by atoms with Crippen LogP contribution in [0.1, 0.15) is 19.2 Å². The van der Waals surface area contributed by atoms with Gasteiger partial charge in [-0.25, -0.2) is 4.98 Å². The fourth-order valence-electron chi connectivity index (χ4n) is 2.70. The van der Waals surface area contributed by atoms with E-state index in [4.69, 9.17) is 0 Å². The number of rotatable bonds is 2. The highest BCUT2D eigenvalue weighted by molar-refractivity contribution is 5.74. The number of carbonyl (C=O) groups is 1. The normalized spacial score (nSPS) is 23.2. The minimum absolute atomic E-state index is 0.0896. The van der Waals surface area contributed by atoms with E-state index in [1.165, 1.54) is 0 Å². The quantitative estimate of drug-likeness (QED) is 0.858. The number of fused-ring (bicyclic) bond motifs is 1. The number of anilines is 1. The van der Waals surface area contributed by atoms with Gasteiger partial charge in [0.15, 0.2) is 5.82 Å². The Morgan fingerprint density at radius 3 is 2.95 bits per heavy atom. The average Bonchev–Trinajstić information content (AvgIpc) is 2.94. The molecule has 1 aliphatic rings. The van der Waals surface area contributed by atoms with E-state index < -0.39 is 5.97 Å². The van der Waals surface area contributed by atoms with Gasteiger partial charge in [-0.15, -0.1) is 10.2 Å². The highest BCUT2D eigenvalue weighted by atomic mass is 16.4. The Balaban J connectivity index is 2.04. The first-order chi connectivity index (χ1) is 9.09. The predicted octanol–water partition coefficient (Wildman–Crippen LogP) is 0.732. The number of nitrogens with zero attached hydrogens (tertiary/aromatic N) is 5. The van der Waals surface area contributed by atoms with Gasteiger partial charge in [0.05, 0.1) is 5.92 Å². The van der Waals surface area contributed by atoms with Crippen molar-refractivity contribution in [3.05, 3.63) is 18.2 Å². The number of carboxylic acid groups (broad SMARTS) is 1. The maximum absolute atomic E-state index is 11.2. The van der Waals surface area contributed by atoms with Crippen molar-refractivity contribution < 1.29 is 9.90 Å². The molecule has 2 unspecified atom stereocenters. The van der Waals surface area contributed by atoms with Crippen molar-refractivity contribution in [3.8, 4) is 0 Å². The first-order valence-electron chi connectivity index (χ1n) is 6.25. The summed E-state index contributed by atoms with van der Waals surface area (Å²) in [6.07, 6.45) is 4.13. The molecule has 0 bridgehead atoms. The molecule has 19 heavy (non-hydrogen) atoms. The summed E-state index contributed by atoms with van der Waals surface area (Å²) < 4.78 is 1.86. The second-order valence-corrected chi connectivity index (χ2v) is 4.86. The molecule has 3 rings (SSSR count). The van der Waals surface area contributed by atoms with Crippen LogP contribution in [0, 0.1) is 12.8 Å². The lowest BCUT2D eigenvalue weighted by Crippen LogP contribution is -2.33. The van der Waals surface area contributed by atoms with Crippen molar-refractivity contribution in [1.29, 1.82) is 0 Å². The number of hydrogen-bond donors (Lipinski definition) is 1. The van der Waals surface area contributed by atoms with Gasteiger partial charge >= 0.3 is 5.97 Å². The Labute approximate surface area is 109 Å². The molecule has 0 aromatic carbocycles. The zero-order valence-electron chi connectivity index (χ0n) is 10.8. The molecule has 0 amide bonds. The van der Waals surface area contributed by atoms with Crippen molar-refractivity contribution in [3.63, 3.8) is 0 Å². The smallest absolute Gasteiger partial charge is 0.308 e. The van der Waals surface area contributed by atoms with Crippen molar-refractivity contribution in [2.24, 2.45) is 5.92 Å². The van der Waals surface area contributed by atoms with Gasteiger partial charge in [0.2, 0.25) is 5.65 Å². The molecule has 7 heteroatoms. The zero-order valence-corrected chi connectivity index (χ0v) is 10.8. The maximum atomic E-state index is 11.2. The fourth-order valence-corrected chi connectivity index (χ4v) is 2.70. The van der Waals surface area contributed by atoms with E-state index in [0.717, 1.165) is 5.82 Å². The van der Waals surface area contributed by atoms with Gasteiger partial charge in [0, 0.05) is 25.0 Å². The van der Waals surface area contributed by atoms with Gasteiger partial charge in [-0.1, -0.05) is 0 Å². The van der Waals surface area contributed by atoms with E-state index in [2.05, 4.69) is 15.2 Å². The topological polar surface area (TPSA) is 83.6 Å². The summed E-state index contributed by atoms with van der Waals surface area (Å²) in [6.45, 7) is 4.47. The first-order valence-corrected chi connectivity index (χ1v) is 6.25. The largest absolute Gasteiger partial charge is 0.481 e. The van der Waals surface area contributed by atoms with E-state index in [1.54, 1.807) is 6.20 Å². The third kappa shape index (κ3) is 1.73. The van der Waals surface area contributed by atoms with E-state index >= 15 is 0 Å². The molecule has 3 heterocycles. The number of aliphatic carboxylic acids is 1. The van der Waals surface area contributed by atoms with Crippen molar-refractivity contribution >= 4 is 17.4 Å². The van der Waals surface area contributed by atoms with Crippen LogP contribution in [0.25, 0.3) is 5.65 Å². The molecule has 0 spiro atoms. The molecule has 1 aliphatic heterocycles. The highest BCUT2D eigenvalue weighted by Crippen LogP contribution is 2.30.